The molecule has 6 nitrogen and oxygen atoms in total. The van der Waals surface area contributed by atoms with Crippen molar-refractivity contribution in [2.24, 2.45) is 5.92 Å². The number of hydrogen-bond donors (Lipinski definition) is 2. The van der Waals surface area contributed by atoms with Gasteiger partial charge in [0, 0.05) is 11.7 Å². The first kappa shape index (κ1) is 19.7. The van der Waals surface area contributed by atoms with Gasteiger partial charge in [0.2, 0.25) is 5.91 Å². The van der Waals surface area contributed by atoms with Gasteiger partial charge in [0.15, 0.2) is 11.5 Å². The monoisotopic (exact) mass is 379 g/mol. The fourth-order valence-corrected chi connectivity index (χ4v) is 3.15. The van der Waals surface area contributed by atoms with E-state index in [0.717, 1.165) is 17.1 Å². The molecule has 1 amide bonds. The highest BCUT2D eigenvalue weighted by atomic mass is 16.6. The number of amides is 1. The average Bonchev–Trinajstić information content (AvgIpc) is 2.71. The van der Waals surface area contributed by atoms with Crippen LogP contribution in [0.25, 0.3) is 0 Å². The molecule has 6 heteroatoms. The summed E-state index contributed by atoms with van der Waals surface area (Å²) in [6.45, 7) is 7.16. The van der Waals surface area contributed by atoms with Gasteiger partial charge in [0.25, 0.3) is 0 Å². The number of ether oxygens (including phenoxy) is 2. The first-order valence-electron chi connectivity index (χ1n) is 9.44. The molecule has 1 heterocycles. The molecule has 146 valence electrons. The molecule has 1 aliphatic heterocycles. The number of fused-ring (bicyclic) bond motifs is 1. The quantitative estimate of drug-likeness (QED) is 0.801. The topological polar surface area (TPSA) is 83.4 Å². The first-order chi connectivity index (χ1) is 13.5. The van der Waals surface area contributed by atoms with Crippen LogP contribution in [0.1, 0.15) is 37.9 Å². The van der Waals surface area contributed by atoms with Gasteiger partial charge in [-0.25, -0.2) is 0 Å². The molecular formula is C22H25N3O3. The van der Waals surface area contributed by atoms with Gasteiger partial charge in [-0.1, -0.05) is 19.9 Å². The lowest BCUT2D eigenvalue weighted by Crippen LogP contribution is -2.41. The Labute approximate surface area is 165 Å². The highest BCUT2D eigenvalue weighted by Gasteiger charge is 2.23. The van der Waals surface area contributed by atoms with E-state index in [9.17, 15) is 4.79 Å². The minimum absolute atomic E-state index is 0.0162. The van der Waals surface area contributed by atoms with Gasteiger partial charge in [-0.05, 0) is 54.8 Å². The molecule has 0 radical (unpaired) electrons. The van der Waals surface area contributed by atoms with Gasteiger partial charge in [0.1, 0.15) is 13.2 Å². The highest BCUT2D eigenvalue weighted by molar-refractivity contribution is 5.94. The summed E-state index contributed by atoms with van der Waals surface area (Å²) in [5.41, 5.74) is 2.28. The third kappa shape index (κ3) is 4.62. The van der Waals surface area contributed by atoms with Crippen molar-refractivity contribution in [2.45, 2.75) is 32.9 Å². The zero-order valence-electron chi connectivity index (χ0n) is 16.4. The van der Waals surface area contributed by atoms with E-state index in [0.29, 0.717) is 24.5 Å². The van der Waals surface area contributed by atoms with Crippen molar-refractivity contribution in [1.82, 2.24) is 5.32 Å². The van der Waals surface area contributed by atoms with Gasteiger partial charge in [-0.2, -0.15) is 5.26 Å². The van der Waals surface area contributed by atoms with Gasteiger partial charge in [0.05, 0.1) is 17.7 Å². The molecule has 0 aliphatic carbocycles. The standard InChI is InChI=1S/C22H25N3O3/c1-14(2)21(17-6-9-19-20(12-17)28-11-10-27-19)24-15(3)22(26)25-18-7-4-16(13-23)5-8-18/h4-9,12,14-15,21,24H,10-11H2,1-3H3,(H,25,26)/t15-,21+/m1/s1. The van der Waals surface area contributed by atoms with Crippen LogP contribution in [0.15, 0.2) is 42.5 Å². The SMILES string of the molecule is CC(C)[C@H](N[C@H](C)C(=O)Nc1ccc(C#N)cc1)c1ccc2c(c1)OCCO2. The molecule has 2 aromatic carbocycles. The molecule has 2 aromatic rings. The summed E-state index contributed by atoms with van der Waals surface area (Å²) in [5.74, 6) is 1.63. The van der Waals surface area contributed by atoms with E-state index in [1.165, 1.54) is 0 Å². The number of benzene rings is 2. The fourth-order valence-electron chi connectivity index (χ4n) is 3.15. The molecule has 1 aliphatic rings. The number of nitrogens with zero attached hydrogens (tertiary/aromatic N) is 1. The van der Waals surface area contributed by atoms with Crippen molar-refractivity contribution in [3.8, 4) is 17.6 Å². The Hall–Kier alpha value is -3.04. The Bertz CT molecular complexity index is 872. The van der Waals surface area contributed by atoms with Crippen LogP contribution in [0.5, 0.6) is 11.5 Å². The van der Waals surface area contributed by atoms with Crippen LogP contribution in [-0.2, 0) is 4.79 Å². The molecule has 0 unspecified atom stereocenters. The summed E-state index contributed by atoms with van der Waals surface area (Å²) >= 11 is 0. The van der Waals surface area contributed by atoms with Crippen molar-refractivity contribution in [3.63, 3.8) is 0 Å². The molecule has 2 atom stereocenters. The van der Waals surface area contributed by atoms with Crippen LogP contribution in [0.3, 0.4) is 0 Å². The number of carbonyl (C=O) groups is 1. The van der Waals surface area contributed by atoms with E-state index in [1.807, 2.05) is 25.1 Å². The molecule has 2 N–H and O–H groups in total. The van der Waals surface area contributed by atoms with Crippen molar-refractivity contribution in [1.29, 1.82) is 5.26 Å². The largest absolute Gasteiger partial charge is 0.486 e. The van der Waals surface area contributed by atoms with Crippen LogP contribution in [0, 0.1) is 17.2 Å². The second kappa shape index (κ2) is 8.77. The number of hydrogen-bond acceptors (Lipinski definition) is 5. The molecule has 0 saturated heterocycles. The predicted molar refractivity (Wildman–Crippen MR) is 107 cm³/mol. The van der Waals surface area contributed by atoms with Crippen LogP contribution in [0.2, 0.25) is 0 Å². The minimum atomic E-state index is -0.406. The molecule has 0 aromatic heterocycles. The lowest BCUT2D eigenvalue weighted by molar-refractivity contribution is -0.118. The Balaban J connectivity index is 1.69. The smallest absolute Gasteiger partial charge is 0.241 e. The predicted octanol–water partition coefficient (Wildman–Crippen LogP) is 3.64. The third-order valence-electron chi connectivity index (χ3n) is 4.70. The van der Waals surface area contributed by atoms with Crippen LogP contribution in [0.4, 0.5) is 5.69 Å². The Kier molecular flexibility index (Phi) is 6.17. The van der Waals surface area contributed by atoms with E-state index in [1.54, 1.807) is 24.3 Å². The van der Waals surface area contributed by atoms with Gasteiger partial charge in [-0.15, -0.1) is 0 Å². The lowest BCUT2D eigenvalue weighted by Gasteiger charge is -2.28. The number of carbonyl (C=O) groups excluding carboxylic acids is 1. The summed E-state index contributed by atoms with van der Waals surface area (Å²) in [4.78, 5) is 12.6. The average molecular weight is 379 g/mol. The van der Waals surface area contributed by atoms with Crippen molar-refractivity contribution in [2.75, 3.05) is 18.5 Å². The Morgan fingerprint density at radius 2 is 1.71 bits per heavy atom. The summed E-state index contributed by atoms with van der Waals surface area (Å²) in [6.07, 6.45) is 0. The minimum Gasteiger partial charge on any atom is -0.486 e. The number of rotatable bonds is 6. The summed E-state index contributed by atoms with van der Waals surface area (Å²) < 4.78 is 11.3. The Morgan fingerprint density at radius 1 is 1.04 bits per heavy atom. The zero-order valence-corrected chi connectivity index (χ0v) is 16.4. The van der Waals surface area contributed by atoms with Crippen LogP contribution in [-0.4, -0.2) is 25.2 Å². The van der Waals surface area contributed by atoms with E-state index in [-0.39, 0.29) is 17.9 Å². The molecule has 0 bridgehead atoms. The molecule has 28 heavy (non-hydrogen) atoms. The van der Waals surface area contributed by atoms with Crippen molar-refractivity contribution < 1.29 is 14.3 Å². The molecular weight excluding hydrogens is 354 g/mol. The normalized spacial score (nSPS) is 14.8. The van der Waals surface area contributed by atoms with Crippen molar-refractivity contribution >= 4 is 11.6 Å². The van der Waals surface area contributed by atoms with E-state index in [4.69, 9.17) is 14.7 Å². The third-order valence-corrected chi connectivity index (χ3v) is 4.70. The lowest BCUT2D eigenvalue weighted by atomic mass is 9.94. The number of anilines is 1. The van der Waals surface area contributed by atoms with Crippen molar-refractivity contribution in [3.05, 3.63) is 53.6 Å². The van der Waals surface area contributed by atoms with Gasteiger partial charge >= 0.3 is 0 Å². The number of nitrogens with one attached hydrogen (secondary N) is 2. The maximum Gasteiger partial charge on any atom is 0.241 e. The van der Waals surface area contributed by atoms with E-state index in [2.05, 4.69) is 30.6 Å². The molecule has 0 spiro atoms. The molecule has 3 rings (SSSR count). The highest BCUT2D eigenvalue weighted by Crippen LogP contribution is 2.34. The molecule has 0 fully saturated rings. The summed E-state index contributed by atoms with van der Waals surface area (Å²) in [7, 11) is 0. The van der Waals surface area contributed by atoms with E-state index < -0.39 is 6.04 Å². The second-order valence-corrected chi connectivity index (χ2v) is 7.19. The summed E-state index contributed by atoms with van der Waals surface area (Å²) in [6, 6.07) is 14.4. The Morgan fingerprint density at radius 3 is 2.36 bits per heavy atom. The maximum atomic E-state index is 12.6. The van der Waals surface area contributed by atoms with Gasteiger partial charge in [-0.3, -0.25) is 10.1 Å². The van der Waals surface area contributed by atoms with Gasteiger partial charge < -0.3 is 14.8 Å². The number of nitriles is 1. The van der Waals surface area contributed by atoms with Crippen LogP contribution >= 0.6 is 0 Å². The summed E-state index contributed by atoms with van der Waals surface area (Å²) in [5, 5.41) is 15.2. The van der Waals surface area contributed by atoms with E-state index >= 15 is 0 Å². The second-order valence-electron chi connectivity index (χ2n) is 7.19. The molecule has 0 saturated carbocycles. The maximum absolute atomic E-state index is 12.6. The first-order valence-corrected chi connectivity index (χ1v) is 9.44. The fraction of sp³-hybridized carbons (Fsp3) is 0.364. The van der Waals surface area contributed by atoms with Crippen LogP contribution < -0.4 is 20.1 Å². The zero-order chi connectivity index (χ0) is 20.1.